The third kappa shape index (κ3) is 2.48. The number of carbonyl (C=O) groups is 2. The normalized spacial score (nSPS) is 27.7. The van der Waals surface area contributed by atoms with Crippen molar-refractivity contribution in [3.05, 3.63) is 29.8 Å². The Morgan fingerprint density at radius 3 is 2.68 bits per heavy atom. The summed E-state index contributed by atoms with van der Waals surface area (Å²) in [5.74, 6) is 0.628. The lowest BCUT2D eigenvalue weighted by atomic mass is 10.1. The van der Waals surface area contributed by atoms with Gasteiger partial charge in [0.25, 0.3) is 0 Å². The summed E-state index contributed by atoms with van der Waals surface area (Å²) in [4.78, 5) is 22.8. The minimum atomic E-state index is -0.861. The second-order valence-corrected chi connectivity index (χ2v) is 5.54. The molecular formula is C15H17NO3. The number of fused-ring (bicyclic) bond motifs is 1. The number of hydrogen-bond acceptors (Lipinski definition) is 2. The maximum absolute atomic E-state index is 12.1. The van der Waals surface area contributed by atoms with Crippen molar-refractivity contribution in [2.45, 2.75) is 25.7 Å². The van der Waals surface area contributed by atoms with Crippen molar-refractivity contribution >= 4 is 17.6 Å². The third-order valence-electron chi connectivity index (χ3n) is 4.26. The molecule has 0 radical (unpaired) electrons. The second-order valence-electron chi connectivity index (χ2n) is 5.54. The van der Waals surface area contributed by atoms with Gasteiger partial charge in [-0.2, -0.15) is 0 Å². The van der Waals surface area contributed by atoms with Gasteiger partial charge in [0.15, 0.2) is 0 Å². The summed E-state index contributed by atoms with van der Waals surface area (Å²) in [5.41, 5.74) is 1.41. The molecular weight excluding hydrogens is 242 g/mol. The Balaban J connectivity index is 1.63. The third-order valence-corrected chi connectivity index (χ3v) is 4.26. The molecule has 1 aromatic rings. The molecule has 100 valence electrons. The molecule has 2 N–H and O–H groups in total. The van der Waals surface area contributed by atoms with Crippen LogP contribution in [0.15, 0.2) is 24.3 Å². The highest BCUT2D eigenvalue weighted by Gasteiger charge is 2.56. The predicted molar refractivity (Wildman–Crippen MR) is 70.7 cm³/mol. The van der Waals surface area contributed by atoms with E-state index in [1.54, 1.807) is 24.3 Å². The van der Waals surface area contributed by atoms with E-state index in [4.69, 9.17) is 5.11 Å². The molecule has 2 fully saturated rings. The van der Waals surface area contributed by atoms with Crippen LogP contribution < -0.4 is 5.32 Å². The minimum absolute atomic E-state index is 0.0155. The molecule has 2 aliphatic carbocycles. The van der Waals surface area contributed by atoms with Gasteiger partial charge < -0.3 is 10.4 Å². The van der Waals surface area contributed by atoms with Crippen LogP contribution >= 0.6 is 0 Å². The molecule has 0 aromatic heterocycles. The zero-order valence-corrected chi connectivity index (χ0v) is 10.6. The summed E-state index contributed by atoms with van der Waals surface area (Å²) in [5, 5.41) is 11.7. The number of amides is 1. The van der Waals surface area contributed by atoms with Gasteiger partial charge >= 0.3 is 5.97 Å². The Morgan fingerprint density at radius 2 is 2.00 bits per heavy atom. The Labute approximate surface area is 111 Å². The van der Waals surface area contributed by atoms with E-state index in [0.717, 1.165) is 0 Å². The fraction of sp³-hybridized carbons (Fsp3) is 0.467. The first-order chi connectivity index (χ1) is 9.15. The highest BCUT2D eigenvalue weighted by atomic mass is 16.4. The summed E-state index contributed by atoms with van der Waals surface area (Å²) < 4.78 is 0. The molecule has 4 heteroatoms. The molecule has 0 aliphatic heterocycles. The van der Waals surface area contributed by atoms with Gasteiger partial charge in [0.05, 0.1) is 6.42 Å². The first kappa shape index (κ1) is 12.2. The van der Waals surface area contributed by atoms with Gasteiger partial charge in [0.1, 0.15) is 0 Å². The van der Waals surface area contributed by atoms with E-state index in [-0.39, 0.29) is 18.2 Å². The van der Waals surface area contributed by atoms with Crippen LogP contribution in [0.2, 0.25) is 0 Å². The fourth-order valence-corrected chi connectivity index (χ4v) is 3.37. The summed E-state index contributed by atoms with van der Waals surface area (Å²) >= 11 is 0. The molecule has 19 heavy (non-hydrogen) atoms. The van der Waals surface area contributed by atoms with Crippen LogP contribution in [0.3, 0.4) is 0 Å². The quantitative estimate of drug-likeness (QED) is 0.871. The fourth-order valence-electron chi connectivity index (χ4n) is 3.37. The largest absolute Gasteiger partial charge is 0.481 e. The number of anilines is 1. The molecule has 0 heterocycles. The Hall–Kier alpha value is -1.84. The lowest BCUT2D eigenvalue weighted by molar-refractivity contribution is -0.136. The van der Waals surface area contributed by atoms with E-state index in [1.807, 2.05) is 0 Å². The average Bonchev–Trinajstić information content (AvgIpc) is 2.83. The van der Waals surface area contributed by atoms with E-state index >= 15 is 0 Å². The van der Waals surface area contributed by atoms with E-state index in [9.17, 15) is 9.59 Å². The van der Waals surface area contributed by atoms with E-state index in [2.05, 4.69) is 5.32 Å². The SMILES string of the molecule is O=C(O)Cc1cccc(NC(=O)C2C3CCCC32)c1. The number of carboxylic acids is 1. The zero-order valence-electron chi connectivity index (χ0n) is 10.6. The number of carbonyl (C=O) groups excluding carboxylic acids is 1. The highest BCUT2D eigenvalue weighted by Crippen LogP contribution is 2.57. The highest BCUT2D eigenvalue weighted by molar-refractivity contribution is 5.95. The zero-order chi connectivity index (χ0) is 13.4. The molecule has 0 bridgehead atoms. The van der Waals surface area contributed by atoms with Crippen LogP contribution in [0.1, 0.15) is 24.8 Å². The standard InChI is InChI=1S/C15H17NO3/c17-13(18)8-9-3-1-4-10(7-9)16-15(19)14-11-5-2-6-12(11)14/h1,3-4,7,11-12,14H,2,5-6,8H2,(H,16,19)(H,17,18). The van der Waals surface area contributed by atoms with Crippen molar-refractivity contribution < 1.29 is 14.7 Å². The van der Waals surface area contributed by atoms with Crippen molar-refractivity contribution in [2.75, 3.05) is 5.32 Å². The topological polar surface area (TPSA) is 66.4 Å². The number of hydrogen-bond donors (Lipinski definition) is 2. The molecule has 0 saturated heterocycles. The van der Waals surface area contributed by atoms with Crippen LogP contribution in [0, 0.1) is 17.8 Å². The Morgan fingerprint density at radius 1 is 1.26 bits per heavy atom. The smallest absolute Gasteiger partial charge is 0.307 e. The molecule has 3 rings (SSSR count). The van der Waals surface area contributed by atoms with Gasteiger partial charge in [0.2, 0.25) is 5.91 Å². The number of aliphatic carboxylic acids is 1. The monoisotopic (exact) mass is 259 g/mol. The van der Waals surface area contributed by atoms with Crippen LogP contribution in [0.25, 0.3) is 0 Å². The summed E-state index contributed by atoms with van der Waals surface area (Å²) in [7, 11) is 0. The van der Waals surface area contributed by atoms with Crippen LogP contribution in [0.5, 0.6) is 0 Å². The van der Waals surface area contributed by atoms with Gasteiger partial charge in [-0.15, -0.1) is 0 Å². The van der Waals surface area contributed by atoms with Crippen molar-refractivity contribution in [1.29, 1.82) is 0 Å². The lowest BCUT2D eigenvalue weighted by Crippen LogP contribution is -2.16. The molecule has 1 amide bonds. The predicted octanol–water partition coefficient (Wildman–Crippen LogP) is 2.30. The van der Waals surface area contributed by atoms with Gasteiger partial charge in [-0.3, -0.25) is 9.59 Å². The Kier molecular flexibility index (Phi) is 3.01. The van der Waals surface area contributed by atoms with E-state index in [1.165, 1.54) is 19.3 Å². The molecule has 2 aliphatic rings. The van der Waals surface area contributed by atoms with Crippen molar-refractivity contribution in [3.8, 4) is 0 Å². The first-order valence-corrected chi connectivity index (χ1v) is 6.77. The number of nitrogens with one attached hydrogen (secondary N) is 1. The van der Waals surface area contributed by atoms with Crippen LogP contribution in [-0.2, 0) is 16.0 Å². The molecule has 2 atom stereocenters. The second kappa shape index (κ2) is 4.68. The van der Waals surface area contributed by atoms with Gasteiger partial charge in [-0.05, 0) is 42.4 Å². The van der Waals surface area contributed by atoms with Gasteiger partial charge in [-0.25, -0.2) is 0 Å². The Bertz CT molecular complexity index is 516. The maximum atomic E-state index is 12.1. The summed E-state index contributed by atoms with van der Waals surface area (Å²) in [6.07, 6.45) is 3.61. The number of rotatable bonds is 4. The van der Waals surface area contributed by atoms with Gasteiger partial charge in [-0.1, -0.05) is 18.6 Å². The van der Waals surface area contributed by atoms with Crippen LogP contribution in [0.4, 0.5) is 5.69 Å². The summed E-state index contributed by atoms with van der Waals surface area (Å²) in [6.45, 7) is 0. The molecule has 4 nitrogen and oxygen atoms in total. The van der Waals surface area contributed by atoms with Crippen LogP contribution in [-0.4, -0.2) is 17.0 Å². The number of benzene rings is 1. The first-order valence-electron chi connectivity index (χ1n) is 6.77. The molecule has 2 unspecified atom stereocenters. The number of carboxylic acid groups (broad SMARTS) is 1. The molecule has 2 saturated carbocycles. The van der Waals surface area contributed by atoms with Crippen molar-refractivity contribution in [1.82, 2.24) is 0 Å². The molecule has 0 spiro atoms. The molecule has 1 aromatic carbocycles. The van der Waals surface area contributed by atoms with Crippen molar-refractivity contribution in [3.63, 3.8) is 0 Å². The van der Waals surface area contributed by atoms with Crippen molar-refractivity contribution in [2.24, 2.45) is 17.8 Å². The van der Waals surface area contributed by atoms with E-state index < -0.39 is 5.97 Å². The minimum Gasteiger partial charge on any atom is -0.481 e. The lowest BCUT2D eigenvalue weighted by Gasteiger charge is -2.07. The van der Waals surface area contributed by atoms with E-state index in [0.29, 0.717) is 23.1 Å². The average molecular weight is 259 g/mol. The maximum Gasteiger partial charge on any atom is 0.307 e. The summed E-state index contributed by atoms with van der Waals surface area (Å²) in [6, 6.07) is 7.09. The van der Waals surface area contributed by atoms with Gasteiger partial charge in [0, 0.05) is 11.6 Å².